The summed E-state index contributed by atoms with van der Waals surface area (Å²) < 4.78 is 11.8. The molecule has 0 saturated heterocycles. The van der Waals surface area contributed by atoms with Crippen molar-refractivity contribution in [3.63, 3.8) is 0 Å². The zero-order chi connectivity index (χ0) is 15.6. The summed E-state index contributed by atoms with van der Waals surface area (Å²) in [6.07, 6.45) is 0.481. The molecule has 5 nitrogen and oxygen atoms in total. The van der Waals surface area contributed by atoms with Crippen LogP contribution in [0, 0.1) is 0 Å². The Labute approximate surface area is 124 Å². The van der Waals surface area contributed by atoms with Gasteiger partial charge >= 0.3 is 0 Å². The second-order valence-corrected chi connectivity index (χ2v) is 7.29. The summed E-state index contributed by atoms with van der Waals surface area (Å²) in [6.45, 7) is 7.06. The third-order valence-corrected chi connectivity index (χ3v) is 4.23. The van der Waals surface area contributed by atoms with Gasteiger partial charge in [-0.15, -0.1) is 0 Å². The number of rotatable bonds is 1. The molecule has 3 aliphatic rings. The molecule has 5 heteroatoms. The van der Waals surface area contributed by atoms with E-state index in [4.69, 9.17) is 9.47 Å². The normalized spacial score (nSPS) is 35.0. The second kappa shape index (κ2) is 4.41. The monoisotopic (exact) mass is 294 g/mol. The van der Waals surface area contributed by atoms with E-state index in [1.54, 1.807) is 19.9 Å². The van der Waals surface area contributed by atoms with Crippen LogP contribution in [0.1, 0.15) is 40.5 Å². The molecule has 2 aliphatic heterocycles. The molecule has 1 aliphatic carbocycles. The third-order valence-electron chi connectivity index (χ3n) is 4.23. The predicted molar refractivity (Wildman–Crippen MR) is 75.5 cm³/mol. The molecule has 0 saturated carbocycles. The lowest BCUT2D eigenvalue weighted by Gasteiger charge is -2.39. The molecule has 0 aromatic carbocycles. The van der Waals surface area contributed by atoms with Crippen molar-refractivity contribution in [1.82, 2.24) is 0 Å². The van der Waals surface area contributed by atoms with Crippen LogP contribution < -0.4 is 0 Å². The first-order chi connectivity index (χ1) is 9.58. The van der Waals surface area contributed by atoms with E-state index in [1.165, 1.54) is 0 Å². The van der Waals surface area contributed by atoms with Crippen LogP contribution in [0.15, 0.2) is 23.0 Å². The quantitative estimate of drug-likeness (QED) is 0.761. The predicted octanol–water partition coefficient (Wildman–Crippen LogP) is 1.24. The maximum atomic E-state index is 12.3. The number of hydrogen-bond acceptors (Lipinski definition) is 5. The van der Waals surface area contributed by atoms with E-state index in [0.29, 0.717) is 23.3 Å². The topological polar surface area (TPSA) is 76.0 Å². The molecular formula is C16H22O5. The van der Waals surface area contributed by atoms with Crippen molar-refractivity contribution in [3.8, 4) is 0 Å². The highest BCUT2D eigenvalue weighted by atomic mass is 16.5. The van der Waals surface area contributed by atoms with Gasteiger partial charge < -0.3 is 19.7 Å². The van der Waals surface area contributed by atoms with Gasteiger partial charge in [-0.1, -0.05) is 0 Å². The SMILES string of the molecule is CC1(C)CC(=O)C2=C(O1)C1=C[C@@H](C(C)(C)O)O[C@H]1[C@@H](O)C2. The van der Waals surface area contributed by atoms with Crippen LogP contribution in [0.4, 0.5) is 0 Å². The summed E-state index contributed by atoms with van der Waals surface area (Å²) in [6, 6.07) is 0. The van der Waals surface area contributed by atoms with Crippen LogP contribution in [0.25, 0.3) is 0 Å². The van der Waals surface area contributed by atoms with Crippen molar-refractivity contribution >= 4 is 5.78 Å². The fourth-order valence-corrected chi connectivity index (χ4v) is 3.15. The zero-order valence-corrected chi connectivity index (χ0v) is 12.8. The molecule has 0 fully saturated rings. The van der Waals surface area contributed by atoms with Gasteiger partial charge in [-0.2, -0.15) is 0 Å². The van der Waals surface area contributed by atoms with Crippen molar-refractivity contribution in [2.24, 2.45) is 0 Å². The van der Waals surface area contributed by atoms with Gasteiger partial charge in [0.25, 0.3) is 0 Å². The van der Waals surface area contributed by atoms with E-state index in [9.17, 15) is 15.0 Å². The average molecular weight is 294 g/mol. The fourth-order valence-electron chi connectivity index (χ4n) is 3.15. The molecule has 2 heterocycles. The summed E-state index contributed by atoms with van der Waals surface area (Å²) >= 11 is 0. The van der Waals surface area contributed by atoms with Crippen molar-refractivity contribution in [2.45, 2.75) is 70.1 Å². The van der Waals surface area contributed by atoms with Gasteiger partial charge in [0.05, 0.1) is 18.1 Å². The Morgan fingerprint density at radius 3 is 2.67 bits per heavy atom. The number of ether oxygens (including phenoxy) is 2. The lowest BCUT2D eigenvalue weighted by molar-refractivity contribution is -0.127. The highest BCUT2D eigenvalue weighted by Gasteiger charge is 2.48. The highest BCUT2D eigenvalue weighted by Crippen LogP contribution is 2.44. The second-order valence-electron chi connectivity index (χ2n) is 7.29. The van der Waals surface area contributed by atoms with Crippen LogP contribution in [0.5, 0.6) is 0 Å². The molecule has 3 atom stereocenters. The minimum atomic E-state index is -1.06. The highest BCUT2D eigenvalue weighted by molar-refractivity contribution is 5.98. The summed E-state index contributed by atoms with van der Waals surface area (Å²) in [7, 11) is 0. The minimum absolute atomic E-state index is 0.0198. The van der Waals surface area contributed by atoms with E-state index in [1.807, 2.05) is 13.8 Å². The Bertz CT molecular complexity index is 550. The van der Waals surface area contributed by atoms with Crippen LogP contribution in [-0.2, 0) is 14.3 Å². The number of aliphatic hydroxyl groups excluding tert-OH is 1. The molecule has 0 amide bonds. The van der Waals surface area contributed by atoms with Crippen molar-refractivity contribution in [2.75, 3.05) is 0 Å². The maximum absolute atomic E-state index is 12.3. The number of ketones is 1. The Morgan fingerprint density at radius 1 is 1.38 bits per heavy atom. The van der Waals surface area contributed by atoms with Crippen molar-refractivity contribution < 1.29 is 24.5 Å². The molecule has 116 valence electrons. The number of aliphatic hydroxyl groups is 2. The largest absolute Gasteiger partial charge is 0.487 e. The van der Waals surface area contributed by atoms with Gasteiger partial charge in [0, 0.05) is 17.6 Å². The first-order valence-corrected chi connectivity index (χ1v) is 7.32. The smallest absolute Gasteiger partial charge is 0.166 e. The van der Waals surface area contributed by atoms with Crippen LogP contribution in [-0.4, -0.2) is 45.5 Å². The van der Waals surface area contributed by atoms with Gasteiger partial charge in [-0.25, -0.2) is 0 Å². The molecule has 0 spiro atoms. The maximum Gasteiger partial charge on any atom is 0.166 e. The van der Waals surface area contributed by atoms with E-state index in [-0.39, 0.29) is 12.2 Å². The van der Waals surface area contributed by atoms with E-state index in [2.05, 4.69) is 0 Å². The molecule has 3 rings (SSSR count). The first-order valence-electron chi connectivity index (χ1n) is 7.32. The molecule has 21 heavy (non-hydrogen) atoms. The van der Waals surface area contributed by atoms with Gasteiger partial charge in [0.15, 0.2) is 5.78 Å². The summed E-state index contributed by atoms with van der Waals surface area (Å²) in [5, 5.41) is 20.4. The average Bonchev–Trinajstić information content (AvgIpc) is 2.75. The van der Waals surface area contributed by atoms with Crippen molar-refractivity contribution in [3.05, 3.63) is 23.0 Å². The lowest BCUT2D eigenvalue weighted by atomic mass is 9.81. The number of carbonyl (C=O) groups is 1. The minimum Gasteiger partial charge on any atom is -0.487 e. The van der Waals surface area contributed by atoms with Gasteiger partial charge in [0.1, 0.15) is 23.6 Å². The number of fused-ring (bicyclic) bond motifs is 2. The van der Waals surface area contributed by atoms with E-state index < -0.39 is 29.5 Å². The zero-order valence-electron chi connectivity index (χ0n) is 12.8. The van der Waals surface area contributed by atoms with Crippen LogP contribution in [0.3, 0.4) is 0 Å². The molecule has 0 bridgehead atoms. The van der Waals surface area contributed by atoms with Gasteiger partial charge in [-0.3, -0.25) is 4.79 Å². The number of Topliss-reactive ketones (excluding diaryl/α,β-unsaturated/α-hetero) is 1. The molecule has 0 aromatic rings. The molecular weight excluding hydrogens is 272 g/mol. The summed E-state index contributed by atoms with van der Waals surface area (Å²) in [5.74, 6) is 0.560. The Balaban J connectivity index is 2.05. The van der Waals surface area contributed by atoms with E-state index >= 15 is 0 Å². The van der Waals surface area contributed by atoms with Gasteiger partial charge in [-0.05, 0) is 33.8 Å². The Morgan fingerprint density at radius 2 is 2.05 bits per heavy atom. The van der Waals surface area contributed by atoms with Crippen LogP contribution in [0.2, 0.25) is 0 Å². The van der Waals surface area contributed by atoms with E-state index in [0.717, 1.165) is 0 Å². The van der Waals surface area contributed by atoms with Crippen molar-refractivity contribution in [1.29, 1.82) is 0 Å². The lowest BCUT2D eigenvalue weighted by Crippen LogP contribution is -2.43. The van der Waals surface area contributed by atoms with Gasteiger partial charge in [0.2, 0.25) is 0 Å². The Hall–Kier alpha value is -1.17. The third kappa shape index (κ3) is 2.43. The number of carbonyl (C=O) groups excluding carboxylic acids is 1. The molecule has 0 unspecified atom stereocenters. The van der Waals surface area contributed by atoms with Crippen LogP contribution >= 0.6 is 0 Å². The molecule has 0 aromatic heterocycles. The molecule has 0 radical (unpaired) electrons. The fraction of sp³-hybridized carbons (Fsp3) is 0.688. The number of hydrogen-bond donors (Lipinski definition) is 2. The Kier molecular flexibility index (Phi) is 3.10. The summed E-state index contributed by atoms with van der Waals surface area (Å²) in [4.78, 5) is 12.3. The standard InChI is InChI=1S/C16H22O5/c1-15(2)7-11(18)8-5-10(17)14-9(13(8)21-15)6-12(20-14)16(3,4)19/h6,10,12,14,17,19H,5,7H2,1-4H3/t10-,12-,14+/m0/s1. The molecule has 2 N–H and O–H groups in total. The summed E-state index contributed by atoms with van der Waals surface area (Å²) in [5.41, 5.74) is -0.378. The first kappa shape index (κ1) is 14.8.